The van der Waals surface area contributed by atoms with E-state index in [9.17, 15) is 9.59 Å². The Labute approximate surface area is 176 Å². The molecule has 4 rings (SSSR count). The number of allylic oxidation sites excluding steroid dienone is 3. The van der Waals surface area contributed by atoms with Gasteiger partial charge in [-0.05, 0) is 79.5 Å². The van der Waals surface area contributed by atoms with E-state index in [1.54, 1.807) is 25.1 Å². The molecule has 0 spiro atoms. The van der Waals surface area contributed by atoms with Gasteiger partial charge in [0, 0.05) is 12.8 Å². The first-order chi connectivity index (χ1) is 14.0. The van der Waals surface area contributed by atoms with Gasteiger partial charge in [-0.2, -0.15) is 0 Å². The van der Waals surface area contributed by atoms with Crippen LogP contribution in [-0.2, 0) is 9.59 Å². The smallest absolute Gasteiger partial charge is 0.311 e. The highest BCUT2D eigenvalue weighted by atomic mass is 19.2. The van der Waals surface area contributed by atoms with Gasteiger partial charge < -0.3 is 4.74 Å². The topological polar surface area (TPSA) is 43.4 Å². The summed E-state index contributed by atoms with van der Waals surface area (Å²) < 4.78 is 37.5. The maximum absolute atomic E-state index is 16.6. The lowest BCUT2D eigenvalue weighted by Crippen LogP contribution is -2.55. The SMILES string of the molecule is C=C1CC2=C(CC[C@]3(C)C(=O)C[C@@](C)(F)[C@]23F)c2ccc(OC(=O)CCCC)cc21. The van der Waals surface area contributed by atoms with Gasteiger partial charge in [-0.3, -0.25) is 9.59 Å². The summed E-state index contributed by atoms with van der Waals surface area (Å²) in [7, 11) is 0. The van der Waals surface area contributed by atoms with Gasteiger partial charge in [0.25, 0.3) is 0 Å². The molecule has 0 bridgehead atoms. The van der Waals surface area contributed by atoms with Crippen LogP contribution in [-0.4, -0.2) is 23.1 Å². The van der Waals surface area contributed by atoms with Crippen molar-refractivity contribution in [2.75, 3.05) is 0 Å². The summed E-state index contributed by atoms with van der Waals surface area (Å²) in [5.74, 6) is -0.193. The molecule has 0 radical (unpaired) electrons. The fourth-order valence-corrected chi connectivity index (χ4v) is 5.56. The standard InChI is InChI=1S/C25H28F2O3/c1-5-6-7-22(29)30-16-8-9-17-18-10-11-23(3)21(28)14-24(4,26)25(23,27)20(18)12-15(2)19(17)13-16/h8-9,13H,2,5-7,10-12,14H2,1,3-4H3/t23-,24-,25+/m1/s1. The molecule has 160 valence electrons. The number of hydrogen-bond acceptors (Lipinski definition) is 3. The van der Waals surface area contributed by atoms with Gasteiger partial charge >= 0.3 is 5.97 Å². The molecule has 0 aromatic heterocycles. The van der Waals surface area contributed by atoms with Gasteiger partial charge in [0.1, 0.15) is 11.5 Å². The van der Waals surface area contributed by atoms with Crippen LogP contribution >= 0.6 is 0 Å². The normalized spacial score (nSPS) is 32.6. The highest BCUT2D eigenvalue weighted by Crippen LogP contribution is 2.66. The molecule has 0 amide bonds. The molecule has 3 aliphatic carbocycles. The summed E-state index contributed by atoms with van der Waals surface area (Å²) >= 11 is 0. The molecule has 1 fully saturated rings. The van der Waals surface area contributed by atoms with Crippen molar-refractivity contribution in [3.63, 3.8) is 0 Å². The van der Waals surface area contributed by atoms with Gasteiger partial charge in [-0.15, -0.1) is 0 Å². The zero-order chi connectivity index (χ0) is 21.9. The van der Waals surface area contributed by atoms with Crippen molar-refractivity contribution in [1.82, 2.24) is 0 Å². The van der Waals surface area contributed by atoms with Crippen molar-refractivity contribution in [3.8, 4) is 5.75 Å². The number of benzene rings is 1. The molecule has 3 nitrogen and oxygen atoms in total. The molecule has 0 heterocycles. The first-order valence-electron chi connectivity index (χ1n) is 10.7. The number of esters is 1. The summed E-state index contributed by atoms with van der Waals surface area (Å²) in [6.45, 7) is 8.89. The van der Waals surface area contributed by atoms with Crippen LogP contribution in [0.4, 0.5) is 8.78 Å². The van der Waals surface area contributed by atoms with Crippen molar-refractivity contribution in [1.29, 1.82) is 0 Å². The lowest BCUT2D eigenvalue weighted by atomic mass is 9.58. The van der Waals surface area contributed by atoms with Crippen LogP contribution in [0.3, 0.4) is 0 Å². The number of rotatable bonds is 4. The number of carbonyl (C=O) groups is 2. The summed E-state index contributed by atoms with van der Waals surface area (Å²) in [5.41, 5.74) is -2.57. The highest BCUT2D eigenvalue weighted by Gasteiger charge is 2.73. The highest BCUT2D eigenvalue weighted by molar-refractivity contribution is 5.97. The molecule has 1 aromatic rings. The van der Waals surface area contributed by atoms with E-state index in [0.29, 0.717) is 29.7 Å². The van der Waals surface area contributed by atoms with E-state index in [0.717, 1.165) is 29.5 Å². The number of unbranched alkanes of at least 4 members (excludes halogenated alkanes) is 1. The Kier molecular flexibility index (Phi) is 4.79. The molecular weight excluding hydrogens is 386 g/mol. The fraction of sp³-hybridized carbons (Fsp3) is 0.520. The Bertz CT molecular complexity index is 990. The first-order valence-corrected chi connectivity index (χ1v) is 10.7. The van der Waals surface area contributed by atoms with Crippen molar-refractivity contribution in [2.45, 2.75) is 77.1 Å². The number of hydrogen-bond donors (Lipinski definition) is 0. The lowest BCUT2D eigenvalue weighted by molar-refractivity contribution is -0.134. The molecule has 0 unspecified atom stereocenters. The number of fused-ring (bicyclic) bond motifs is 4. The van der Waals surface area contributed by atoms with Crippen LogP contribution in [0.15, 0.2) is 30.4 Å². The van der Waals surface area contributed by atoms with Gasteiger partial charge in [0.15, 0.2) is 11.3 Å². The van der Waals surface area contributed by atoms with Crippen molar-refractivity contribution in [2.24, 2.45) is 5.41 Å². The number of halogens is 2. The van der Waals surface area contributed by atoms with Crippen LogP contribution in [0, 0.1) is 5.41 Å². The minimum atomic E-state index is -2.34. The Morgan fingerprint density at radius 1 is 1.23 bits per heavy atom. The Hall–Kier alpha value is -2.30. The summed E-state index contributed by atoms with van der Waals surface area (Å²) in [6, 6.07) is 5.26. The molecule has 0 aliphatic heterocycles. The summed E-state index contributed by atoms with van der Waals surface area (Å²) in [4.78, 5) is 24.6. The number of ether oxygens (including phenoxy) is 1. The van der Waals surface area contributed by atoms with E-state index in [1.807, 2.05) is 6.92 Å². The van der Waals surface area contributed by atoms with Crippen LogP contribution in [0.5, 0.6) is 5.75 Å². The number of alkyl halides is 2. The third-order valence-corrected chi connectivity index (χ3v) is 7.30. The van der Waals surface area contributed by atoms with Crippen LogP contribution in [0.25, 0.3) is 11.1 Å². The van der Waals surface area contributed by atoms with Crippen molar-refractivity contribution < 1.29 is 23.1 Å². The van der Waals surface area contributed by atoms with Gasteiger partial charge in [-0.1, -0.05) is 26.0 Å². The number of Topliss-reactive ketones (excluding diaryl/α,β-unsaturated/α-hetero) is 1. The average molecular weight is 414 g/mol. The van der Waals surface area contributed by atoms with Gasteiger partial charge in [0.05, 0.1) is 5.41 Å². The molecule has 3 atom stereocenters. The van der Waals surface area contributed by atoms with E-state index in [1.165, 1.54) is 6.92 Å². The van der Waals surface area contributed by atoms with E-state index in [4.69, 9.17) is 4.74 Å². The largest absolute Gasteiger partial charge is 0.427 e. The zero-order valence-corrected chi connectivity index (χ0v) is 17.9. The Balaban J connectivity index is 1.76. The second-order valence-corrected chi connectivity index (χ2v) is 9.31. The number of carbonyl (C=O) groups excluding carboxylic acids is 2. The quantitative estimate of drug-likeness (QED) is 0.438. The van der Waals surface area contributed by atoms with Crippen LogP contribution in [0.1, 0.15) is 76.8 Å². The van der Waals surface area contributed by atoms with E-state index >= 15 is 8.78 Å². The summed E-state index contributed by atoms with van der Waals surface area (Å²) in [5, 5.41) is 0. The molecule has 1 aromatic carbocycles. The molecule has 3 aliphatic rings. The van der Waals surface area contributed by atoms with E-state index in [2.05, 4.69) is 6.58 Å². The molecule has 0 saturated heterocycles. The van der Waals surface area contributed by atoms with Crippen molar-refractivity contribution >= 4 is 22.9 Å². The molecule has 30 heavy (non-hydrogen) atoms. The maximum Gasteiger partial charge on any atom is 0.311 e. The monoisotopic (exact) mass is 414 g/mol. The fourth-order valence-electron chi connectivity index (χ4n) is 5.56. The molecule has 1 saturated carbocycles. The Morgan fingerprint density at radius 3 is 2.67 bits per heavy atom. The number of ketones is 1. The van der Waals surface area contributed by atoms with Crippen LogP contribution < -0.4 is 4.74 Å². The first kappa shape index (κ1) is 21.0. The predicted molar refractivity (Wildman–Crippen MR) is 112 cm³/mol. The third kappa shape index (κ3) is 2.74. The average Bonchev–Trinajstić information content (AvgIpc) is 2.83. The second-order valence-electron chi connectivity index (χ2n) is 9.31. The second kappa shape index (κ2) is 6.86. The zero-order valence-electron chi connectivity index (χ0n) is 17.9. The molecule has 5 heteroatoms. The molecular formula is C25H28F2O3. The van der Waals surface area contributed by atoms with Crippen LogP contribution in [0.2, 0.25) is 0 Å². The van der Waals surface area contributed by atoms with Gasteiger partial charge in [0.2, 0.25) is 0 Å². The maximum atomic E-state index is 16.6. The predicted octanol–water partition coefficient (Wildman–Crippen LogP) is 6.16. The molecule has 0 N–H and O–H groups in total. The minimum absolute atomic E-state index is 0.175. The minimum Gasteiger partial charge on any atom is -0.427 e. The van der Waals surface area contributed by atoms with Gasteiger partial charge in [-0.25, -0.2) is 8.78 Å². The Morgan fingerprint density at radius 2 is 1.97 bits per heavy atom. The van der Waals surface area contributed by atoms with E-state index < -0.39 is 23.2 Å². The third-order valence-electron chi connectivity index (χ3n) is 7.30. The van der Waals surface area contributed by atoms with E-state index in [-0.39, 0.29) is 24.6 Å². The lowest BCUT2D eigenvalue weighted by Gasteiger charge is -2.48. The van der Waals surface area contributed by atoms with Crippen molar-refractivity contribution in [3.05, 3.63) is 41.5 Å². The summed E-state index contributed by atoms with van der Waals surface area (Å²) in [6.07, 6.45) is 2.60.